The van der Waals surface area contributed by atoms with Gasteiger partial charge in [0, 0.05) is 29.1 Å². The van der Waals surface area contributed by atoms with Crippen molar-refractivity contribution in [2.24, 2.45) is 0 Å². The van der Waals surface area contributed by atoms with Crippen LogP contribution >= 0.6 is 39.3 Å². The number of rotatable bonds is 5. The number of hydrogen-bond donors (Lipinski definition) is 0. The molecule has 2 nitrogen and oxygen atoms in total. The Hall–Kier alpha value is -0.190. The third-order valence-electron chi connectivity index (χ3n) is 2.63. The number of aryl methyl sites for hydroxylation is 2. The van der Waals surface area contributed by atoms with Crippen LogP contribution in [0.1, 0.15) is 5.82 Å². The summed E-state index contributed by atoms with van der Waals surface area (Å²) in [6.45, 7) is 0.992. The molecule has 1 aromatic heterocycles. The second kappa shape index (κ2) is 6.12. The Morgan fingerprint density at radius 3 is 3.00 bits per heavy atom. The maximum absolute atomic E-state index is 5.83. The van der Waals surface area contributed by atoms with Crippen LogP contribution in [0.15, 0.2) is 22.7 Å². The van der Waals surface area contributed by atoms with Gasteiger partial charge >= 0.3 is 0 Å². The minimum Gasteiger partial charge on any atom is -0.327 e. The van der Waals surface area contributed by atoms with Gasteiger partial charge in [-0.3, -0.25) is 0 Å². The van der Waals surface area contributed by atoms with Gasteiger partial charge in [-0.05, 0) is 24.5 Å². The molecule has 0 amide bonds. The summed E-state index contributed by atoms with van der Waals surface area (Å²) in [7, 11) is 0. The summed E-state index contributed by atoms with van der Waals surface area (Å²) in [6, 6.07) is 6.23. The summed E-state index contributed by atoms with van der Waals surface area (Å²) in [5.74, 6) is 2.79. The highest BCUT2D eigenvalue weighted by Gasteiger charge is 2.10. The Morgan fingerprint density at radius 1 is 1.47 bits per heavy atom. The number of imidazole rings is 1. The summed E-state index contributed by atoms with van der Waals surface area (Å²) in [5.41, 5.74) is 2.24. The minimum atomic E-state index is 0.615. The van der Waals surface area contributed by atoms with Crippen molar-refractivity contribution in [1.29, 1.82) is 0 Å². The Labute approximate surface area is 119 Å². The van der Waals surface area contributed by atoms with Crippen LogP contribution in [0.4, 0.5) is 0 Å². The van der Waals surface area contributed by atoms with Gasteiger partial charge in [0.25, 0.3) is 0 Å². The summed E-state index contributed by atoms with van der Waals surface area (Å²) >= 11 is 11.2. The van der Waals surface area contributed by atoms with E-state index < -0.39 is 0 Å². The molecule has 5 heteroatoms. The molecule has 0 N–H and O–H groups in total. The molecule has 2 aromatic rings. The molecule has 0 aliphatic rings. The first-order chi connectivity index (χ1) is 8.26. The molecule has 0 bridgehead atoms. The van der Waals surface area contributed by atoms with Crippen LogP contribution in [0.25, 0.3) is 11.0 Å². The number of nitrogens with zero attached hydrogens (tertiary/aromatic N) is 2. The van der Waals surface area contributed by atoms with Gasteiger partial charge in [0.1, 0.15) is 5.82 Å². The van der Waals surface area contributed by atoms with Gasteiger partial charge in [-0.1, -0.05) is 15.9 Å². The Bertz CT molecular complexity index is 512. The molecule has 0 fully saturated rings. The first kappa shape index (κ1) is 13.2. The molecule has 17 heavy (non-hydrogen) atoms. The highest BCUT2D eigenvalue weighted by molar-refractivity contribution is 9.10. The van der Waals surface area contributed by atoms with Crippen LogP contribution in [0, 0.1) is 0 Å². The maximum atomic E-state index is 5.83. The second-order valence-electron chi connectivity index (χ2n) is 3.74. The molecule has 0 saturated carbocycles. The lowest BCUT2D eigenvalue weighted by Gasteiger charge is -2.07. The van der Waals surface area contributed by atoms with E-state index in [9.17, 15) is 0 Å². The zero-order valence-corrected chi connectivity index (χ0v) is 12.8. The zero-order valence-electron chi connectivity index (χ0n) is 9.62. The van der Waals surface area contributed by atoms with Crippen molar-refractivity contribution in [2.75, 3.05) is 17.9 Å². The molecule has 0 saturated heterocycles. The number of benzene rings is 1. The fourth-order valence-corrected chi connectivity index (χ4v) is 2.74. The minimum absolute atomic E-state index is 0.615. The number of thioether (sulfide) groups is 1. The van der Waals surface area contributed by atoms with Gasteiger partial charge in [0.05, 0.1) is 11.0 Å². The van der Waals surface area contributed by atoms with Crippen LogP contribution in [-0.4, -0.2) is 27.4 Å². The van der Waals surface area contributed by atoms with Crippen LogP contribution < -0.4 is 0 Å². The Morgan fingerprint density at radius 2 is 2.29 bits per heavy atom. The van der Waals surface area contributed by atoms with Gasteiger partial charge in [0.2, 0.25) is 0 Å². The van der Waals surface area contributed by atoms with E-state index in [2.05, 4.69) is 49.9 Å². The van der Waals surface area contributed by atoms with E-state index in [-0.39, 0.29) is 0 Å². The molecule has 2 rings (SSSR count). The Kier molecular flexibility index (Phi) is 4.77. The number of fused-ring (bicyclic) bond motifs is 1. The van der Waals surface area contributed by atoms with Crippen molar-refractivity contribution < 1.29 is 0 Å². The summed E-state index contributed by atoms with van der Waals surface area (Å²) in [6.07, 6.45) is 2.94. The van der Waals surface area contributed by atoms with Gasteiger partial charge in [-0.15, -0.1) is 11.6 Å². The maximum Gasteiger partial charge on any atom is 0.111 e. The van der Waals surface area contributed by atoms with Crippen molar-refractivity contribution in [3.8, 4) is 0 Å². The summed E-state index contributed by atoms with van der Waals surface area (Å²) < 4.78 is 3.35. The topological polar surface area (TPSA) is 17.8 Å². The van der Waals surface area contributed by atoms with Crippen LogP contribution in [0.3, 0.4) is 0 Å². The zero-order chi connectivity index (χ0) is 12.3. The fourth-order valence-electron chi connectivity index (χ4n) is 1.86. The summed E-state index contributed by atoms with van der Waals surface area (Å²) in [5, 5.41) is 0. The molecule has 0 aliphatic carbocycles. The third kappa shape index (κ3) is 2.98. The van der Waals surface area contributed by atoms with E-state index >= 15 is 0 Å². The third-order valence-corrected chi connectivity index (χ3v) is 3.90. The van der Waals surface area contributed by atoms with E-state index in [0.29, 0.717) is 5.88 Å². The predicted molar refractivity (Wildman–Crippen MR) is 80.2 cm³/mol. The monoisotopic (exact) mass is 332 g/mol. The molecule has 0 aliphatic heterocycles. The van der Waals surface area contributed by atoms with Crippen molar-refractivity contribution in [3.05, 3.63) is 28.5 Å². The van der Waals surface area contributed by atoms with Gasteiger partial charge < -0.3 is 4.57 Å². The molecule has 0 radical (unpaired) electrons. The normalized spacial score (nSPS) is 11.2. The lowest BCUT2D eigenvalue weighted by molar-refractivity contribution is 0.734. The van der Waals surface area contributed by atoms with E-state index in [1.807, 2.05) is 11.8 Å². The van der Waals surface area contributed by atoms with Gasteiger partial charge in [-0.2, -0.15) is 11.8 Å². The largest absolute Gasteiger partial charge is 0.327 e. The van der Waals surface area contributed by atoms with Gasteiger partial charge in [0.15, 0.2) is 0 Å². The van der Waals surface area contributed by atoms with Crippen molar-refractivity contribution >= 4 is 50.3 Å². The SMILES string of the molecule is CSCCn1c(CCCl)nc2cc(Br)ccc21. The lowest BCUT2D eigenvalue weighted by atomic mass is 10.3. The first-order valence-corrected chi connectivity index (χ1v) is 8.18. The molecule has 92 valence electrons. The molecule has 0 spiro atoms. The van der Waals surface area contributed by atoms with Gasteiger partial charge in [-0.25, -0.2) is 4.98 Å². The highest BCUT2D eigenvalue weighted by atomic mass is 79.9. The molecule has 0 unspecified atom stereocenters. The predicted octanol–water partition coefficient (Wildman–Crippen LogP) is 3.94. The smallest absolute Gasteiger partial charge is 0.111 e. The highest BCUT2D eigenvalue weighted by Crippen LogP contribution is 2.21. The Balaban J connectivity index is 2.46. The number of alkyl halides is 1. The van der Waals surface area contributed by atoms with Crippen LogP contribution in [0.5, 0.6) is 0 Å². The molecular weight excluding hydrogens is 320 g/mol. The van der Waals surface area contributed by atoms with Crippen molar-refractivity contribution in [3.63, 3.8) is 0 Å². The average Bonchev–Trinajstić information content (AvgIpc) is 2.63. The molecule has 0 atom stereocenters. The standard InChI is InChI=1S/C12H14BrClN2S/c1-17-7-6-16-11-3-2-9(13)8-10(11)15-12(16)4-5-14/h2-3,8H,4-7H2,1H3. The first-order valence-electron chi connectivity index (χ1n) is 5.46. The summed E-state index contributed by atoms with van der Waals surface area (Å²) in [4.78, 5) is 4.66. The van der Waals surface area contributed by atoms with Crippen molar-refractivity contribution in [1.82, 2.24) is 9.55 Å². The number of aromatic nitrogens is 2. The van der Waals surface area contributed by atoms with Crippen molar-refractivity contribution in [2.45, 2.75) is 13.0 Å². The van der Waals surface area contributed by atoms with E-state index in [1.54, 1.807) is 0 Å². The quantitative estimate of drug-likeness (QED) is 0.771. The molecule has 1 aromatic carbocycles. The fraction of sp³-hybridized carbons (Fsp3) is 0.417. The lowest BCUT2D eigenvalue weighted by Crippen LogP contribution is -2.06. The van der Waals surface area contributed by atoms with E-state index in [0.717, 1.165) is 34.5 Å². The molecular formula is C12H14BrClN2S. The van der Waals surface area contributed by atoms with Crippen LogP contribution in [-0.2, 0) is 13.0 Å². The molecule has 1 heterocycles. The second-order valence-corrected chi connectivity index (χ2v) is 6.02. The van der Waals surface area contributed by atoms with E-state index in [1.165, 1.54) is 5.52 Å². The van der Waals surface area contributed by atoms with Crippen LogP contribution in [0.2, 0.25) is 0 Å². The number of hydrogen-bond acceptors (Lipinski definition) is 2. The van der Waals surface area contributed by atoms with E-state index in [4.69, 9.17) is 11.6 Å². The number of halogens is 2. The average molecular weight is 334 g/mol.